The third kappa shape index (κ3) is 2.60. The lowest BCUT2D eigenvalue weighted by molar-refractivity contribution is 0.104. The minimum Gasteiger partial charge on any atom is -0.341 e. The summed E-state index contributed by atoms with van der Waals surface area (Å²) in [4.78, 5) is 27.1. The Morgan fingerprint density at radius 3 is 2.85 bits per heavy atom. The highest BCUT2D eigenvalue weighted by molar-refractivity contribution is 8.02. The van der Waals surface area contributed by atoms with Crippen molar-refractivity contribution in [2.24, 2.45) is 0 Å². The van der Waals surface area contributed by atoms with Crippen LogP contribution in [0.3, 0.4) is 0 Å². The molecule has 0 amide bonds. The molecule has 5 nitrogen and oxygen atoms in total. The van der Waals surface area contributed by atoms with E-state index in [9.17, 15) is 4.79 Å². The summed E-state index contributed by atoms with van der Waals surface area (Å²) in [6, 6.07) is 9.13. The standard InChI is InChI=1S/C14H10N4OS/c19-11(10-4-2-1-3-5-10)6-7-20-14-12-13(16-8-15-12)17-9-18-14/h1-9H,(H,15,16,17,18)/b7-6+. The predicted octanol–water partition coefficient (Wildman–Crippen LogP) is 2.84. The molecule has 0 radical (unpaired) electrons. The van der Waals surface area contributed by atoms with E-state index in [-0.39, 0.29) is 5.78 Å². The van der Waals surface area contributed by atoms with Crippen molar-refractivity contribution >= 4 is 28.7 Å². The second-order valence-electron chi connectivity index (χ2n) is 3.93. The highest BCUT2D eigenvalue weighted by Crippen LogP contribution is 2.22. The van der Waals surface area contributed by atoms with Gasteiger partial charge in [-0.1, -0.05) is 42.1 Å². The van der Waals surface area contributed by atoms with Crippen LogP contribution in [0.25, 0.3) is 11.2 Å². The van der Waals surface area contributed by atoms with Gasteiger partial charge in [0, 0.05) is 5.56 Å². The molecule has 2 aromatic heterocycles. The quantitative estimate of drug-likeness (QED) is 0.345. The fraction of sp³-hybridized carbons (Fsp3) is 0. The maximum Gasteiger partial charge on any atom is 0.186 e. The lowest BCUT2D eigenvalue weighted by atomic mass is 10.1. The molecule has 0 aliphatic carbocycles. The Bertz CT molecular complexity index is 767. The second kappa shape index (κ2) is 5.66. The van der Waals surface area contributed by atoms with Crippen LogP contribution in [0.15, 0.2) is 59.5 Å². The molecular formula is C14H10N4OS. The summed E-state index contributed by atoms with van der Waals surface area (Å²) < 4.78 is 0. The Balaban J connectivity index is 1.75. The number of aromatic nitrogens is 4. The molecular weight excluding hydrogens is 272 g/mol. The number of benzene rings is 1. The van der Waals surface area contributed by atoms with E-state index < -0.39 is 0 Å². The number of H-pyrrole nitrogens is 1. The summed E-state index contributed by atoms with van der Waals surface area (Å²) in [5.74, 6) is -0.0342. The van der Waals surface area contributed by atoms with Gasteiger partial charge in [0.05, 0.1) is 6.33 Å². The first kappa shape index (κ1) is 12.6. The largest absolute Gasteiger partial charge is 0.341 e. The van der Waals surface area contributed by atoms with Crippen LogP contribution in [-0.4, -0.2) is 25.7 Å². The summed E-state index contributed by atoms with van der Waals surface area (Å²) in [6.45, 7) is 0. The maximum atomic E-state index is 11.9. The highest BCUT2D eigenvalue weighted by Gasteiger charge is 2.05. The van der Waals surface area contributed by atoms with Crippen molar-refractivity contribution in [1.82, 2.24) is 19.9 Å². The van der Waals surface area contributed by atoms with Crippen molar-refractivity contribution in [1.29, 1.82) is 0 Å². The first-order chi connectivity index (χ1) is 9.84. The highest BCUT2D eigenvalue weighted by atomic mass is 32.2. The number of hydrogen-bond acceptors (Lipinski definition) is 5. The van der Waals surface area contributed by atoms with Gasteiger partial charge >= 0.3 is 0 Å². The smallest absolute Gasteiger partial charge is 0.186 e. The number of ketones is 1. The molecule has 20 heavy (non-hydrogen) atoms. The molecule has 0 aliphatic heterocycles. The third-order valence-corrected chi connectivity index (χ3v) is 3.45. The Kier molecular flexibility index (Phi) is 3.56. The number of rotatable bonds is 4. The number of thioether (sulfide) groups is 1. The molecule has 2 heterocycles. The number of carbonyl (C=O) groups is 1. The molecule has 0 unspecified atom stereocenters. The summed E-state index contributed by atoms with van der Waals surface area (Å²) in [7, 11) is 0. The number of carbonyl (C=O) groups excluding carboxylic acids is 1. The first-order valence-corrected chi connectivity index (χ1v) is 6.79. The molecule has 1 aromatic carbocycles. The fourth-order valence-electron chi connectivity index (χ4n) is 1.69. The molecule has 3 rings (SSSR count). The fourth-order valence-corrected chi connectivity index (χ4v) is 2.39. The van der Waals surface area contributed by atoms with Crippen molar-refractivity contribution < 1.29 is 4.79 Å². The number of nitrogens with zero attached hydrogens (tertiary/aromatic N) is 3. The molecule has 0 atom stereocenters. The van der Waals surface area contributed by atoms with Gasteiger partial charge in [0.25, 0.3) is 0 Å². The summed E-state index contributed by atoms with van der Waals surface area (Å²) in [6.07, 6.45) is 4.56. The molecule has 0 saturated heterocycles. The van der Waals surface area contributed by atoms with E-state index in [2.05, 4.69) is 19.9 Å². The summed E-state index contributed by atoms with van der Waals surface area (Å²) >= 11 is 1.35. The van der Waals surface area contributed by atoms with E-state index in [0.29, 0.717) is 11.2 Å². The maximum absolute atomic E-state index is 11.9. The van der Waals surface area contributed by atoms with E-state index in [1.165, 1.54) is 24.2 Å². The van der Waals surface area contributed by atoms with E-state index in [1.807, 2.05) is 18.2 Å². The molecule has 98 valence electrons. The van der Waals surface area contributed by atoms with Crippen molar-refractivity contribution in [2.75, 3.05) is 0 Å². The lowest BCUT2D eigenvalue weighted by Gasteiger charge is -1.96. The van der Waals surface area contributed by atoms with Gasteiger partial charge < -0.3 is 4.98 Å². The van der Waals surface area contributed by atoms with E-state index in [0.717, 1.165) is 10.5 Å². The second-order valence-corrected chi connectivity index (χ2v) is 4.83. The molecule has 0 saturated carbocycles. The van der Waals surface area contributed by atoms with Crippen molar-refractivity contribution in [3.8, 4) is 0 Å². The molecule has 3 aromatic rings. The third-order valence-electron chi connectivity index (χ3n) is 2.65. The molecule has 0 fully saturated rings. The van der Waals surface area contributed by atoms with Crippen LogP contribution in [0.2, 0.25) is 0 Å². The van der Waals surface area contributed by atoms with Gasteiger partial charge in [0.1, 0.15) is 16.9 Å². The Morgan fingerprint density at radius 1 is 1.15 bits per heavy atom. The van der Waals surface area contributed by atoms with Gasteiger partial charge in [0.2, 0.25) is 0 Å². The number of aromatic amines is 1. The first-order valence-electron chi connectivity index (χ1n) is 5.91. The SMILES string of the molecule is O=C(/C=C/Sc1ncnc2nc[nH]c12)c1ccccc1. The Hall–Kier alpha value is -2.47. The van der Waals surface area contributed by atoms with Gasteiger partial charge in [0.15, 0.2) is 11.4 Å². The van der Waals surface area contributed by atoms with Gasteiger partial charge in [-0.25, -0.2) is 15.0 Å². The summed E-state index contributed by atoms with van der Waals surface area (Å²) in [5.41, 5.74) is 2.05. The lowest BCUT2D eigenvalue weighted by Crippen LogP contribution is -1.92. The van der Waals surface area contributed by atoms with Crippen LogP contribution < -0.4 is 0 Å². The molecule has 1 N–H and O–H groups in total. The average Bonchev–Trinajstić information content (AvgIpc) is 2.97. The molecule has 0 spiro atoms. The number of nitrogens with one attached hydrogen (secondary N) is 1. The van der Waals surface area contributed by atoms with Crippen molar-refractivity contribution in [3.63, 3.8) is 0 Å². The van der Waals surface area contributed by atoms with Crippen LogP contribution in [0.4, 0.5) is 0 Å². The average molecular weight is 282 g/mol. The number of hydrogen-bond donors (Lipinski definition) is 1. The zero-order valence-corrected chi connectivity index (χ0v) is 11.2. The van der Waals surface area contributed by atoms with E-state index in [1.54, 1.807) is 23.9 Å². The van der Waals surface area contributed by atoms with Crippen LogP contribution in [0.5, 0.6) is 0 Å². The normalized spacial score (nSPS) is 11.2. The monoisotopic (exact) mass is 282 g/mol. The Morgan fingerprint density at radius 2 is 2.00 bits per heavy atom. The van der Waals surface area contributed by atoms with Gasteiger partial charge in [-0.05, 0) is 11.5 Å². The van der Waals surface area contributed by atoms with Gasteiger partial charge in [-0.2, -0.15) is 0 Å². The van der Waals surface area contributed by atoms with E-state index >= 15 is 0 Å². The number of fused-ring (bicyclic) bond motifs is 1. The zero-order chi connectivity index (χ0) is 13.8. The van der Waals surface area contributed by atoms with Gasteiger partial charge in [-0.3, -0.25) is 4.79 Å². The van der Waals surface area contributed by atoms with Crippen LogP contribution in [0, 0.1) is 0 Å². The minimum atomic E-state index is -0.0342. The molecule has 0 bridgehead atoms. The minimum absolute atomic E-state index is 0.0342. The van der Waals surface area contributed by atoms with Crippen molar-refractivity contribution in [3.05, 3.63) is 60.0 Å². The van der Waals surface area contributed by atoms with Crippen molar-refractivity contribution in [2.45, 2.75) is 5.03 Å². The predicted molar refractivity (Wildman–Crippen MR) is 77.5 cm³/mol. The summed E-state index contributed by atoms with van der Waals surface area (Å²) in [5, 5.41) is 2.46. The number of imidazole rings is 1. The van der Waals surface area contributed by atoms with E-state index in [4.69, 9.17) is 0 Å². The van der Waals surface area contributed by atoms with Crippen LogP contribution in [-0.2, 0) is 0 Å². The number of allylic oxidation sites excluding steroid dienone is 1. The van der Waals surface area contributed by atoms with Crippen LogP contribution in [0.1, 0.15) is 10.4 Å². The van der Waals surface area contributed by atoms with Gasteiger partial charge in [-0.15, -0.1) is 0 Å². The molecule has 6 heteroatoms. The molecule has 0 aliphatic rings. The zero-order valence-electron chi connectivity index (χ0n) is 10.4. The topological polar surface area (TPSA) is 71.5 Å². The van der Waals surface area contributed by atoms with Crippen LogP contribution >= 0.6 is 11.8 Å². The Labute approximate surface area is 119 Å².